The average Bonchev–Trinajstić information content (AvgIpc) is 2.38. The van der Waals surface area contributed by atoms with Crippen molar-refractivity contribution < 1.29 is 4.74 Å². The smallest absolute Gasteiger partial charge is 0.162 e. The van der Waals surface area contributed by atoms with Crippen LogP contribution in [0.15, 0.2) is 18.2 Å². The van der Waals surface area contributed by atoms with Crippen LogP contribution in [0.4, 0.5) is 0 Å². The molecule has 2 rings (SSSR count). The van der Waals surface area contributed by atoms with Crippen molar-refractivity contribution in [2.75, 3.05) is 7.11 Å². The molecule has 0 unspecified atom stereocenters. The summed E-state index contributed by atoms with van der Waals surface area (Å²) >= 11 is 20.3. The minimum absolute atomic E-state index is 0.353. The summed E-state index contributed by atoms with van der Waals surface area (Å²) in [5, 5.41) is 1.23. The van der Waals surface area contributed by atoms with Crippen LogP contribution < -0.4 is 0 Å². The number of halogens is 4. The van der Waals surface area contributed by atoms with E-state index in [1.165, 1.54) is 0 Å². The number of methoxy groups -OCH3 is 1. The molecule has 0 aliphatic heterocycles. The summed E-state index contributed by atoms with van der Waals surface area (Å²) in [4.78, 5) is 8.66. The van der Waals surface area contributed by atoms with E-state index in [1.54, 1.807) is 25.3 Å². The fraction of sp³-hybridized carbons (Fsp3) is 0.167. The third-order valence-corrected chi connectivity index (χ3v) is 4.90. The summed E-state index contributed by atoms with van der Waals surface area (Å²) in [5.41, 5.74) is 1.36. The number of nitrogens with zero attached hydrogens (tertiary/aromatic N) is 2. The van der Waals surface area contributed by atoms with Crippen molar-refractivity contribution in [2.24, 2.45) is 0 Å². The van der Waals surface area contributed by atoms with E-state index >= 15 is 0 Å². The van der Waals surface area contributed by atoms with Gasteiger partial charge in [0.25, 0.3) is 0 Å². The van der Waals surface area contributed by atoms with Crippen molar-refractivity contribution in [1.29, 1.82) is 0 Å². The van der Waals surface area contributed by atoms with Gasteiger partial charge in [-0.25, -0.2) is 9.97 Å². The molecule has 2 aromatic rings. The Kier molecular flexibility index (Phi) is 5.25. The molecular weight excluding hydrogens is 421 g/mol. The summed E-state index contributed by atoms with van der Waals surface area (Å²) in [7, 11) is 1.60. The monoisotopic (exact) mass is 428 g/mol. The number of hydrogen-bond donors (Lipinski definition) is 0. The second-order valence-corrected chi connectivity index (χ2v) is 5.86. The molecule has 1 aromatic carbocycles. The van der Waals surface area contributed by atoms with Crippen LogP contribution in [0.5, 0.6) is 0 Å². The van der Waals surface area contributed by atoms with E-state index in [-0.39, 0.29) is 0 Å². The van der Waals surface area contributed by atoms with E-state index in [9.17, 15) is 0 Å². The van der Waals surface area contributed by atoms with Gasteiger partial charge in [-0.15, -0.1) is 0 Å². The molecule has 7 heteroatoms. The molecule has 1 aromatic heterocycles. The van der Waals surface area contributed by atoms with Crippen molar-refractivity contribution in [1.82, 2.24) is 9.97 Å². The van der Waals surface area contributed by atoms with Crippen LogP contribution in [0.2, 0.25) is 15.2 Å². The fourth-order valence-corrected chi connectivity index (χ4v) is 2.46. The third-order valence-electron chi connectivity index (χ3n) is 2.35. The topological polar surface area (TPSA) is 35.0 Å². The molecule has 100 valence electrons. The van der Waals surface area contributed by atoms with Crippen LogP contribution in [0.1, 0.15) is 5.69 Å². The zero-order valence-electron chi connectivity index (χ0n) is 9.75. The second-order valence-electron chi connectivity index (χ2n) is 3.63. The van der Waals surface area contributed by atoms with Gasteiger partial charge in [0.15, 0.2) is 5.82 Å². The van der Waals surface area contributed by atoms with Gasteiger partial charge in [-0.05, 0) is 34.7 Å². The molecule has 0 saturated carbocycles. The SMILES string of the molecule is COCc1nc(-c2cccc(Cl)c2Cl)nc(Cl)c1I. The molecular formula is C12H8Cl3IN2O. The van der Waals surface area contributed by atoms with Gasteiger partial charge in [-0.2, -0.15) is 0 Å². The van der Waals surface area contributed by atoms with Crippen LogP contribution in [0.3, 0.4) is 0 Å². The van der Waals surface area contributed by atoms with Gasteiger partial charge in [0, 0.05) is 12.7 Å². The summed E-state index contributed by atoms with van der Waals surface area (Å²) in [6, 6.07) is 5.29. The molecule has 0 amide bonds. The van der Waals surface area contributed by atoms with Crippen LogP contribution in [0.25, 0.3) is 11.4 Å². The molecule has 19 heavy (non-hydrogen) atoms. The second kappa shape index (κ2) is 6.54. The highest BCUT2D eigenvalue weighted by Gasteiger charge is 2.15. The lowest BCUT2D eigenvalue weighted by Crippen LogP contribution is -2.02. The first-order chi connectivity index (χ1) is 9.04. The van der Waals surface area contributed by atoms with E-state index in [2.05, 4.69) is 32.6 Å². The van der Waals surface area contributed by atoms with Crippen LogP contribution in [0, 0.1) is 3.57 Å². The predicted molar refractivity (Wildman–Crippen MR) is 85.9 cm³/mol. The van der Waals surface area contributed by atoms with Crippen molar-refractivity contribution in [3.05, 3.63) is 42.7 Å². The number of rotatable bonds is 3. The summed E-state index contributed by atoms with van der Waals surface area (Å²) in [6.45, 7) is 0.353. The number of benzene rings is 1. The molecule has 0 N–H and O–H groups in total. The largest absolute Gasteiger partial charge is 0.378 e. The molecule has 0 fully saturated rings. The Hall–Kier alpha value is -0.140. The first kappa shape index (κ1) is 15.3. The highest BCUT2D eigenvalue weighted by atomic mass is 127. The number of ether oxygens (including phenoxy) is 1. The first-order valence-electron chi connectivity index (χ1n) is 5.19. The van der Waals surface area contributed by atoms with Crippen LogP contribution in [-0.2, 0) is 11.3 Å². The van der Waals surface area contributed by atoms with E-state index in [0.29, 0.717) is 38.9 Å². The van der Waals surface area contributed by atoms with Crippen LogP contribution >= 0.6 is 57.4 Å². The van der Waals surface area contributed by atoms with E-state index in [4.69, 9.17) is 39.5 Å². The highest BCUT2D eigenvalue weighted by molar-refractivity contribution is 14.1. The Morgan fingerprint density at radius 1 is 1.21 bits per heavy atom. The molecule has 0 spiro atoms. The maximum atomic E-state index is 6.16. The number of aromatic nitrogens is 2. The van der Waals surface area contributed by atoms with E-state index in [1.807, 2.05) is 0 Å². The highest BCUT2D eigenvalue weighted by Crippen LogP contribution is 2.33. The van der Waals surface area contributed by atoms with Gasteiger partial charge >= 0.3 is 0 Å². The van der Waals surface area contributed by atoms with Gasteiger partial charge in [-0.3, -0.25) is 0 Å². The van der Waals surface area contributed by atoms with Crippen molar-refractivity contribution in [2.45, 2.75) is 6.61 Å². The molecule has 0 aliphatic rings. The van der Waals surface area contributed by atoms with E-state index in [0.717, 1.165) is 3.57 Å². The molecule has 0 radical (unpaired) electrons. The van der Waals surface area contributed by atoms with Crippen LogP contribution in [-0.4, -0.2) is 17.1 Å². The van der Waals surface area contributed by atoms with Crippen molar-refractivity contribution in [3.63, 3.8) is 0 Å². The fourth-order valence-electron chi connectivity index (χ4n) is 1.49. The Labute approximate surface area is 139 Å². The maximum Gasteiger partial charge on any atom is 0.162 e. The lowest BCUT2D eigenvalue weighted by molar-refractivity contribution is 0.181. The first-order valence-corrected chi connectivity index (χ1v) is 7.41. The van der Waals surface area contributed by atoms with E-state index < -0.39 is 0 Å². The minimum Gasteiger partial charge on any atom is -0.378 e. The normalized spacial score (nSPS) is 10.8. The Morgan fingerprint density at radius 2 is 1.95 bits per heavy atom. The van der Waals surface area contributed by atoms with Crippen molar-refractivity contribution >= 4 is 57.4 Å². The van der Waals surface area contributed by atoms with Gasteiger partial charge in [0.05, 0.1) is 25.9 Å². The molecule has 0 atom stereocenters. The van der Waals surface area contributed by atoms with Crippen molar-refractivity contribution in [3.8, 4) is 11.4 Å². The summed E-state index contributed by atoms with van der Waals surface area (Å²) < 4.78 is 5.86. The van der Waals surface area contributed by atoms with Gasteiger partial charge in [-0.1, -0.05) is 40.9 Å². The molecule has 3 nitrogen and oxygen atoms in total. The Bertz CT molecular complexity index is 622. The summed E-state index contributed by atoms with van der Waals surface area (Å²) in [5.74, 6) is 0.435. The van der Waals surface area contributed by atoms with Gasteiger partial charge < -0.3 is 4.74 Å². The molecule has 0 bridgehead atoms. The van der Waals surface area contributed by atoms with Gasteiger partial charge in [0.2, 0.25) is 0 Å². The molecule has 1 heterocycles. The molecule has 0 aliphatic carbocycles. The summed E-state index contributed by atoms with van der Waals surface area (Å²) in [6.07, 6.45) is 0. The third kappa shape index (κ3) is 3.31. The predicted octanol–water partition coefficient (Wildman–Crippen LogP) is 4.85. The minimum atomic E-state index is 0.353. The zero-order chi connectivity index (χ0) is 14.0. The molecule has 0 saturated heterocycles. The lowest BCUT2D eigenvalue weighted by Gasteiger charge is -2.09. The zero-order valence-corrected chi connectivity index (χ0v) is 14.2. The quantitative estimate of drug-likeness (QED) is 0.517. The Morgan fingerprint density at radius 3 is 2.63 bits per heavy atom. The maximum absolute atomic E-state index is 6.16. The standard InChI is InChI=1S/C12H8Cl3IN2O/c1-19-5-8-10(16)11(15)18-12(17-8)6-3-2-4-7(13)9(6)14/h2-4H,5H2,1H3. The Balaban J connectivity index is 2.59. The number of hydrogen-bond acceptors (Lipinski definition) is 3. The van der Waals surface area contributed by atoms with Gasteiger partial charge in [0.1, 0.15) is 5.15 Å². The average molecular weight is 429 g/mol. The lowest BCUT2D eigenvalue weighted by atomic mass is 10.2.